The lowest BCUT2D eigenvalue weighted by Crippen LogP contribution is -2.34. The SMILES string of the molecule is COc1ccc(C2CSC(NOC(=O)C(=O)ONC3=NC(c4ccc(OC)cc4)CS3)=N2)cc1. The normalized spacial score (nSPS) is 19.0. The molecule has 0 fully saturated rings. The highest BCUT2D eigenvalue weighted by Crippen LogP contribution is 2.31. The molecule has 0 radical (unpaired) electrons. The van der Waals surface area contributed by atoms with Crippen LogP contribution in [0.3, 0.4) is 0 Å². The highest BCUT2D eigenvalue weighted by Gasteiger charge is 2.26. The summed E-state index contributed by atoms with van der Waals surface area (Å²) in [6.07, 6.45) is 0. The van der Waals surface area contributed by atoms with Crippen LogP contribution in [0.2, 0.25) is 0 Å². The van der Waals surface area contributed by atoms with Crippen LogP contribution in [-0.4, -0.2) is 48.0 Å². The summed E-state index contributed by atoms with van der Waals surface area (Å²) in [4.78, 5) is 42.4. The summed E-state index contributed by atoms with van der Waals surface area (Å²) >= 11 is 2.75. The number of carbonyl (C=O) groups is 2. The maximum Gasteiger partial charge on any atom is 0.443 e. The number of carbonyl (C=O) groups excluding carboxylic acids is 2. The van der Waals surface area contributed by atoms with E-state index in [0.29, 0.717) is 21.8 Å². The van der Waals surface area contributed by atoms with Crippen LogP contribution in [0.25, 0.3) is 0 Å². The first-order valence-electron chi connectivity index (χ1n) is 10.2. The van der Waals surface area contributed by atoms with Gasteiger partial charge in [0.15, 0.2) is 10.3 Å². The summed E-state index contributed by atoms with van der Waals surface area (Å²) < 4.78 is 10.3. The number of benzene rings is 2. The monoisotopic (exact) mass is 502 g/mol. The third kappa shape index (κ3) is 5.94. The van der Waals surface area contributed by atoms with E-state index in [1.165, 1.54) is 23.5 Å². The van der Waals surface area contributed by atoms with Gasteiger partial charge in [0.1, 0.15) is 11.5 Å². The molecular weight excluding hydrogens is 480 g/mol. The Labute approximate surface area is 204 Å². The van der Waals surface area contributed by atoms with Gasteiger partial charge in [0, 0.05) is 11.5 Å². The van der Waals surface area contributed by atoms with Gasteiger partial charge in [-0.05, 0) is 35.4 Å². The van der Waals surface area contributed by atoms with Crippen molar-refractivity contribution in [3.05, 3.63) is 59.7 Å². The first-order chi connectivity index (χ1) is 16.6. The summed E-state index contributed by atoms with van der Waals surface area (Å²) in [5.74, 6) is 0.444. The number of hydrogen-bond acceptors (Lipinski definition) is 12. The minimum atomic E-state index is -1.21. The molecule has 2 N–H and O–H groups in total. The van der Waals surface area contributed by atoms with Gasteiger partial charge in [-0.2, -0.15) is 11.0 Å². The van der Waals surface area contributed by atoms with Gasteiger partial charge in [0.2, 0.25) is 0 Å². The van der Waals surface area contributed by atoms with Gasteiger partial charge in [-0.25, -0.2) is 9.59 Å². The van der Waals surface area contributed by atoms with Gasteiger partial charge in [-0.15, -0.1) is 0 Å². The standard InChI is InChI=1S/C22H22N4O6S2/c1-29-15-7-3-13(4-8-15)17-11-33-21(23-17)25-31-19(27)20(28)32-26-22-24-18(12-34-22)14-5-9-16(30-2)10-6-14/h3-10,17-18H,11-12H2,1-2H3,(H,23,25)(H,24,26). The summed E-state index contributed by atoms with van der Waals surface area (Å²) in [5.41, 5.74) is 6.83. The molecule has 178 valence electrons. The first-order valence-corrected chi connectivity index (χ1v) is 12.2. The molecule has 4 rings (SSSR count). The minimum Gasteiger partial charge on any atom is -0.497 e. The number of hydrogen-bond donors (Lipinski definition) is 2. The summed E-state index contributed by atoms with van der Waals surface area (Å²) in [6, 6.07) is 14.9. The number of nitrogens with one attached hydrogen (secondary N) is 2. The molecule has 2 atom stereocenters. The van der Waals surface area contributed by atoms with Crippen molar-refractivity contribution in [3.8, 4) is 11.5 Å². The molecule has 0 aromatic heterocycles. The fraction of sp³-hybridized carbons (Fsp3) is 0.273. The van der Waals surface area contributed by atoms with E-state index in [1.54, 1.807) is 14.2 Å². The van der Waals surface area contributed by atoms with Gasteiger partial charge < -0.3 is 19.1 Å². The molecule has 0 spiro atoms. The van der Waals surface area contributed by atoms with Crippen LogP contribution in [0.1, 0.15) is 23.2 Å². The second-order valence-electron chi connectivity index (χ2n) is 7.05. The summed E-state index contributed by atoms with van der Waals surface area (Å²) in [6.45, 7) is 0. The third-order valence-corrected chi connectivity index (χ3v) is 6.82. The topological polar surface area (TPSA) is 120 Å². The molecule has 34 heavy (non-hydrogen) atoms. The molecule has 0 saturated heterocycles. The van der Waals surface area contributed by atoms with Gasteiger partial charge in [-0.1, -0.05) is 47.8 Å². The zero-order valence-corrected chi connectivity index (χ0v) is 20.0. The molecule has 0 bridgehead atoms. The van der Waals surface area contributed by atoms with E-state index in [0.717, 1.165) is 22.6 Å². The average molecular weight is 503 g/mol. The lowest BCUT2D eigenvalue weighted by Gasteiger charge is -2.07. The van der Waals surface area contributed by atoms with Gasteiger partial charge in [0.05, 0.1) is 26.3 Å². The van der Waals surface area contributed by atoms with Crippen LogP contribution in [0.4, 0.5) is 0 Å². The first kappa shape index (κ1) is 23.8. The molecule has 0 amide bonds. The van der Waals surface area contributed by atoms with Crippen molar-refractivity contribution in [2.24, 2.45) is 9.98 Å². The van der Waals surface area contributed by atoms with E-state index >= 15 is 0 Å². The molecule has 12 heteroatoms. The van der Waals surface area contributed by atoms with Gasteiger partial charge >= 0.3 is 11.9 Å². The number of methoxy groups -OCH3 is 2. The zero-order chi connectivity index (χ0) is 23.9. The van der Waals surface area contributed by atoms with E-state index in [-0.39, 0.29) is 12.1 Å². The van der Waals surface area contributed by atoms with Crippen molar-refractivity contribution in [2.75, 3.05) is 25.7 Å². The van der Waals surface area contributed by atoms with Crippen LogP contribution in [0, 0.1) is 0 Å². The summed E-state index contributed by atoms with van der Waals surface area (Å²) in [5, 5.41) is 0.793. The Morgan fingerprint density at radius 3 is 1.47 bits per heavy atom. The second kappa shape index (κ2) is 11.2. The largest absolute Gasteiger partial charge is 0.497 e. The minimum absolute atomic E-state index is 0.0956. The number of hydroxylamine groups is 2. The number of amidine groups is 2. The smallest absolute Gasteiger partial charge is 0.443 e. The van der Waals surface area contributed by atoms with Crippen molar-refractivity contribution in [1.82, 2.24) is 11.0 Å². The van der Waals surface area contributed by atoms with Crippen molar-refractivity contribution >= 4 is 45.8 Å². The Kier molecular flexibility index (Phi) is 7.80. The van der Waals surface area contributed by atoms with E-state index in [1.807, 2.05) is 48.5 Å². The maximum atomic E-state index is 11.9. The molecule has 2 aliphatic rings. The molecule has 2 unspecified atom stereocenters. The Morgan fingerprint density at radius 1 is 0.735 bits per heavy atom. The van der Waals surface area contributed by atoms with Crippen LogP contribution < -0.4 is 20.4 Å². The van der Waals surface area contributed by atoms with Crippen LogP contribution >= 0.6 is 23.5 Å². The Bertz CT molecular complexity index is 1000. The van der Waals surface area contributed by atoms with Crippen molar-refractivity contribution in [3.63, 3.8) is 0 Å². The number of ether oxygens (including phenoxy) is 2. The number of aliphatic imine (C=N–C) groups is 2. The highest BCUT2D eigenvalue weighted by atomic mass is 32.2. The fourth-order valence-electron chi connectivity index (χ4n) is 3.12. The van der Waals surface area contributed by atoms with Gasteiger partial charge in [-0.3, -0.25) is 9.98 Å². The fourth-order valence-corrected chi connectivity index (χ4v) is 4.89. The average Bonchev–Trinajstić information content (AvgIpc) is 3.56. The van der Waals surface area contributed by atoms with E-state index in [4.69, 9.17) is 19.1 Å². The molecular formula is C22H22N4O6S2. The predicted octanol–water partition coefficient (Wildman–Crippen LogP) is 2.79. The van der Waals surface area contributed by atoms with Crippen molar-refractivity contribution < 1.29 is 28.7 Å². The number of thioether (sulfide) groups is 2. The van der Waals surface area contributed by atoms with Crippen LogP contribution in [0.15, 0.2) is 58.5 Å². The number of rotatable bonds is 4. The second-order valence-corrected chi connectivity index (χ2v) is 9.07. The molecule has 2 heterocycles. The third-order valence-electron chi connectivity index (χ3n) is 4.93. The van der Waals surface area contributed by atoms with Crippen LogP contribution in [0.5, 0.6) is 11.5 Å². The Balaban J connectivity index is 1.21. The lowest BCUT2D eigenvalue weighted by molar-refractivity contribution is -0.172. The molecule has 0 aliphatic carbocycles. The van der Waals surface area contributed by atoms with E-state index in [9.17, 15) is 9.59 Å². The summed E-state index contributed by atoms with van der Waals surface area (Å²) in [7, 11) is 3.21. The van der Waals surface area contributed by atoms with E-state index in [2.05, 4.69) is 20.9 Å². The zero-order valence-electron chi connectivity index (χ0n) is 18.3. The van der Waals surface area contributed by atoms with Crippen molar-refractivity contribution in [2.45, 2.75) is 12.1 Å². The molecule has 2 aliphatic heterocycles. The molecule has 2 aromatic rings. The highest BCUT2D eigenvalue weighted by molar-refractivity contribution is 8.14. The predicted molar refractivity (Wildman–Crippen MR) is 130 cm³/mol. The molecule has 0 saturated carbocycles. The quantitative estimate of drug-likeness (QED) is 0.477. The lowest BCUT2D eigenvalue weighted by atomic mass is 10.1. The van der Waals surface area contributed by atoms with Crippen LogP contribution in [-0.2, 0) is 19.3 Å². The van der Waals surface area contributed by atoms with Crippen molar-refractivity contribution in [1.29, 1.82) is 0 Å². The molecule has 10 nitrogen and oxygen atoms in total. The number of nitrogens with zero attached hydrogens (tertiary/aromatic N) is 2. The van der Waals surface area contributed by atoms with E-state index < -0.39 is 11.9 Å². The van der Waals surface area contributed by atoms with Gasteiger partial charge in [0.25, 0.3) is 0 Å². The Hall–Kier alpha value is -3.38. The maximum absolute atomic E-state index is 11.9. The Morgan fingerprint density at radius 2 is 1.12 bits per heavy atom. The molecule has 2 aromatic carbocycles.